The van der Waals surface area contributed by atoms with Gasteiger partial charge < -0.3 is 15.5 Å². The first kappa shape index (κ1) is 16.0. The van der Waals surface area contributed by atoms with Gasteiger partial charge in [0.05, 0.1) is 0 Å². The van der Waals surface area contributed by atoms with Crippen molar-refractivity contribution >= 4 is 17.5 Å². The monoisotopic (exact) mass is 324 g/mol. The molecule has 1 aliphatic heterocycles. The smallest absolute Gasteiger partial charge is 0.270 e. The predicted molar refractivity (Wildman–Crippen MR) is 91.5 cm³/mol. The average Bonchev–Trinajstić information content (AvgIpc) is 2.93. The maximum atomic E-state index is 12.2. The van der Waals surface area contributed by atoms with E-state index < -0.39 is 0 Å². The minimum atomic E-state index is -0.239. The van der Waals surface area contributed by atoms with Crippen molar-refractivity contribution in [1.29, 1.82) is 0 Å². The SMILES string of the molecule is CN1CCC(Nc2ccnc(C(=O)NCc3ccccc3)c2)C1=O. The Labute approximate surface area is 140 Å². The van der Waals surface area contributed by atoms with E-state index in [9.17, 15) is 9.59 Å². The van der Waals surface area contributed by atoms with Crippen LogP contribution in [0.3, 0.4) is 0 Å². The summed E-state index contributed by atoms with van der Waals surface area (Å²) in [7, 11) is 1.79. The van der Waals surface area contributed by atoms with E-state index in [4.69, 9.17) is 0 Å². The number of nitrogens with one attached hydrogen (secondary N) is 2. The second-order valence-electron chi connectivity index (χ2n) is 5.84. The molecule has 3 rings (SSSR count). The summed E-state index contributed by atoms with van der Waals surface area (Å²) in [4.78, 5) is 30.0. The molecule has 0 saturated carbocycles. The molecular formula is C18H20N4O2. The second-order valence-corrected chi connectivity index (χ2v) is 5.84. The Balaban J connectivity index is 1.62. The molecule has 2 N–H and O–H groups in total. The first-order valence-electron chi connectivity index (χ1n) is 7.93. The number of likely N-dealkylation sites (N-methyl/N-ethyl adjacent to an activating group) is 1. The molecule has 2 heterocycles. The summed E-state index contributed by atoms with van der Waals surface area (Å²) in [5.41, 5.74) is 2.08. The lowest BCUT2D eigenvalue weighted by molar-refractivity contribution is -0.127. The molecule has 1 fully saturated rings. The van der Waals surface area contributed by atoms with E-state index in [0.717, 1.165) is 24.2 Å². The maximum Gasteiger partial charge on any atom is 0.270 e. The van der Waals surface area contributed by atoms with Crippen molar-refractivity contribution < 1.29 is 9.59 Å². The Morgan fingerprint density at radius 2 is 2.08 bits per heavy atom. The number of anilines is 1. The van der Waals surface area contributed by atoms with E-state index in [1.54, 1.807) is 30.3 Å². The van der Waals surface area contributed by atoms with Gasteiger partial charge in [0, 0.05) is 32.0 Å². The van der Waals surface area contributed by atoms with E-state index in [2.05, 4.69) is 15.6 Å². The number of amides is 2. The summed E-state index contributed by atoms with van der Waals surface area (Å²) in [6.45, 7) is 1.19. The molecule has 1 saturated heterocycles. The average molecular weight is 324 g/mol. The Kier molecular flexibility index (Phi) is 4.74. The fraction of sp³-hybridized carbons (Fsp3) is 0.278. The summed E-state index contributed by atoms with van der Waals surface area (Å²) in [5, 5.41) is 6.03. The van der Waals surface area contributed by atoms with Gasteiger partial charge in [-0.3, -0.25) is 14.6 Å². The number of rotatable bonds is 5. The summed E-state index contributed by atoms with van der Waals surface area (Å²) in [5.74, 6) is -0.167. The van der Waals surface area contributed by atoms with Gasteiger partial charge in [-0.2, -0.15) is 0 Å². The van der Waals surface area contributed by atoms with Gasteiger partial charge in [-0.1, -0.05) is 30.3 Å². The van der Waals surface area contributed by atoms with Crippen molar-refractivity contribution in [2.24, 2.45) is 0 Å². The van der Waals surface area contributed by atoms with Crippen molar-refractivity contribution in [2.75, 3.05) is 18.9 Å². The van der Waals surface area contributed by atoms with Crippen molar-refractivity contribution in [3.8, 4) is 0 Å². The summed E-state index contributed by atoms with van der Waals surface area (Å²) in [6, 6.07) is 12.9. The summed E-state index contributed by atoms with van der Waals surface area (Å²) < 4.78 is 0. The first-order valence-corrected chi connectivity index (χ1v) is 7.93. The van der Waals surface area contributed by atoms with Gasteiger partial charge in [0.25, 0.3) is 5.91 Å². The molecule has 1 aromatic carbocycles. The Hall–Kier alpha value is -2.89. The number of carbonyl (C=O) groups excluding carboxylic acids is 2. The molecule has 0 spiro atoms. The minimum Gasteiger partial charge on any atom is -0.374 e. The van der Waals surface area contributed by atoms with Crippen LogP contribution in [0.4, 0.5) is 5.69 Å². The molecule has 24 heavy (non-hydrogen) atoms. The zero-order valence-corrected chi connectivity index (χ0v) is 13.5. The van der Waals surface area contributed by atoms with Crippen molar-refractivity contribution in [3.05, 3.63) is 59.9 Å². The van der Waals surface area contributed by atoms with Gasteiger partial charge in [-0.25, -0.2) is 0 Å². The van der Waals surface area contributed by atoms with Gasteiger partial charge in [0.15, 0.2) is 0 Å². The number of benzene rings is 1. The van der Waals surface area contributed by atoms with Gasteiger partial charge in [0.1, 0.15) is 11.7 Å². The third-order valence-electron chi connectivity index (χ3n) is 4.06. The van der Waals surface area contributed by atoms with E-state index in [1.165, 1.54) is 0 Å². The zero-order chi connectivity index (χ0) is 16.9. The Morgan fingerprint density at radius 1 is 1.29 bits per heavy atom. The molecule has 1 aliphatic rings. The Morgan fingerprint density at radius 3 is 2.79 bits per heavy atom. The number of carbonyl (C=O) groups is 2. The van der Waals surface area contributed by atoms with Crippen molar-refractivity contribution in [2.45, 2.75) is 19.0 Å². The standard InChI is InChI=1S/C18H20N4O2/c1-22-10-8-15(18(22)24)21-14-7-9-19-16(11-14)17(23)20-12-13-5-3-2-4-6-13/h2-7,9,11,15H,8,10,12H2,1H3,(H,19,21)(H,20,23). The fourth-order valence-corrected chi connectivity index (χ4v) is 2.67. The van der Waals surface area contributed by atoms with Crippen molar-refractivity contribution in [1.82, 2.24) is 15.2 Å². The molecule has 2 amide bonds. The molecule has 6 heteroatoms. The van der Waals surface area contributed by atoms with Crippen LogP contribution in [0.25, 0.3) is 0 Å². The fourth-order valence-electron chi connectivity index (χ4n) is 2.67. The largest absolute Gasteiger partial charge is 0.374 e. The second kappa shape index (κ2) is 7.12. The summed E-state index contributed by atoms with van der Waals surface area (Å²) >= 11 is 0. The highest BCUT2D eigenvalue weighted by Crippen LogP contribution is 2.16. The molecule has 1 unspecified atom stereocenters. The predicted octanol–water partition coefficient (Wildman–Crippen LogP) is 1.65. The molecule has 1 atom stereocenters. The third-order valence-corrected chi connectivity index (χ3v) is 4.06. The number of nitrogens with zero attached hydrogens (tertiary/aromatic N) is 2. The van der Waals surface area contributed by atoms with E-state index in [1.807, 2.05) is 30.3 Å². The first-order chi connectivity index (χ1) is 11.6. The number of hydrogen-bond donors (Lipinski definition) is 2. The minimum absolute atomic E-state index is 0.0712. The number of aromatic nitrogens is 1. The number of pyridine rings is 1. The Bertz CT molecular complexity index is 733. The summed E-state index contributed by atoms with van der Waals surface area (Å²) in [6.07, 6.45) is 2.33. The molecule has 0 aliphatic carbocycles. The maximum absolute atomic E-state index is 12.2. The van der Waals surface area contributed by atoms with Gasteiger partial charge >= 0.3 is 0 Å². The quantitative estimate of drug-likeness (QED) is 0.877. The van der Waals surface area contributed by atoms with Crippen LogP contribution in [0.2, 0.25) is 0 Å². The zero-order valence-electron chi connectivity index (χ0n) is 13.5. The van der Waals surface area contributed by atoms with E-state index in [-0.39, 0.29) is 17.9 Å². The molecular weight excluding hydrogens is 304 g/mol. The third kappa shape index (κ3) is 3.71. The van der Waals surface area contributed by atoms with Crippen LogP contribution in [0.5, 0.6) is 0 Å². The van der Waals surface area contributed by atoms with Crippen LogP contribution in [0.1, 0.15) is 22.5 Å². The number of hydrogen-bond acceptors (Lipinski definition) is 4. The topological polar surface area (TPSA) is 74.3 Å². The van der Waals surface area contributed by atoms with Crippen LogP contribution in [0.15, 0.2) is 48.7 Å². The molecule has 1 aromatic heterocycles. The van der Waals surface area contributed by atoms with Gasteiger partial charge in [0.2, 0.25) is 5.91 Å². The van der Waals surface area contributed by atoms with Crippen LogP contribution >= 0.6 is 0 Å². The van der Waals surface area contributed by atoms with Crippen LogP contribution in [-0.4, -0.2) is 41.3 Å². The van der Waals surface area contributed by atoms with E-state index >= 15 is 0 Å². The lowest BCUT2D eigenvalue weighted by atomic mass is 10.2. The van der Waals surface area contributed by atoms with Crippen LogP contribution < -0.4 is 10.6 Å². The molecule has 6 nitrogen and oxygen atoms in total. The van der Waals surface area contributed by atoms with Crippen molar-refractivity contribution in [3.63, 3.8) is 0 Å². The molecule has 0 radical (unpaired) electrons. The molecule has 2 aromatic rings. The van der Waals surface area contributed by atoms with Gasteiger partial charge in [-0.05, 0) is 24.1 Å². The normalized spacial score (nSPS) is 17.0. The lowest BCUT2D eigenvalue weighted by Crippen LogP contribution is -2.31. The van der Waals surface area contributed by atoms with Crippen LogP contribution in [-0.2, 0) is 11.3 Å². The van der Waals surface area contributed by atoms with Crippen LogP contribution in [0, 0.1) is 0 Å². The molecule has 0 bridgehead atoms. The molecule has 124 valence electrons. The highest BCUT2D eigenvalue weighted by molar-refractivity contribution is 5.93. The highest BCUT2D eigenvalue weighted by atomic mass is 16.2. The van der Waals surface area contributed by atoms with E-state index in [0.29, 0.717) is 12.2 Å². The lowest BCUT2D eigenvalue weighted by Gasteiger charge is -2.14. The highest BCUT2D eigenvalue weighted by Gasteiger charge is 2.28. The van der Waals surface area contributed by atoms with Gasteiger partial charge in [-0.15, -0.1) is 0 Å². The number of likely N-dealkylation sites (tertiary alicyclic amines) is 1.